The Labute approximate surface area is 132 Å². The van der Waals surface area contributed by atoms with Crippen molar-refractivity contribution in [2.75, 3.05) is 13.2 Å². The minimum Gasteiger partial charge on any atom is -0.461 e. The SMILES string of the molecule is C[C@@H]1OC(=O)[C@@H]1C.NC(=O)OCCCOCc1ccccc1.[HH]. The molecule has 1 fully saturated rings. The minimum atomic E-state index is -0.738. The van der Waals surface area contributed by atoms with Crippen LogP contribution in [0.3, 0.4) is 0 Å². The molecule has 0 aliphatic carbocycles. The summed E-state index contributed by atoms with van der Waals surface area (Å²) in [5.74, 6) is 0.0764. The molecule has 1 aliphatic heterocycles. The zero-order valence-corrected chi connectivity index (χ0v) is 13.0. The number of benzene rings is 1. The average molecular weight is 311 g/mol. The third kappa shape index (κ3) is 7.08. The first-order valence-corrected chi connectivity index (χ1v) is 7.25. The van der Waals surface area contributed by atoms with Crippen LogP contribution in [0.1, 0.15) is 27.3 Å². The number of carbonyl (C=O) groups is 2. The number of hydrogen-bond acceptors (Lipinski definition) is 5. The summed E-state index contributed by atoms with van der Waals surface area (Å²) < 4.78 is 14.5. The van der Waals surface area contributed by atoms with Crippen LogP contribution in [0.2, 0.25) is 0 Å². The van der Waals surface area contributed by atoms with E-state index < -0.39 is 6.09 Å². The van der Waals surface area contributed by atoms with Crippen molar-refractivity contribution in [3.05, 3.63) is 35.9 Å². The van der Waals surface area contributed by atoms with Crippen molar-refractivity contribution in [3.8, 4) is 0 Å². The lowest BCUT2D eigenvalue weighted by Gasteiger charge is -2.28. The quantitative estimate of drug-likeness (QED) is 0.644. The van der Waals surface area contributed by atoms with Crippen molar-refractivity contribution in [2.45, 2.75) is 33.0 Å². The van der Waals surface area contributed by atoms with Gasteiger partial charge in [0.2, 0.25) is 0 Å². The summed E-state index contributed by atoms with van der Waals surface area (Å²) in [5.41, 5.74) is 5.93. The van der Waals surface area contributed by atoms with E-state index in [1.807, 2.05) is 44.2 Å². The average Bonchev–Trinajstić information content (AvgIpc) is 2.52. The van der Waals surface area contributed by atoms with Crippen molar-refractivity contribution in [3.63, 3.8) is 0 Å². The second kappa shape index (κ2) is 9.78. The lowest BCUT2D eigenvalue weighted by molar-refractivity contribution is -0.179. The molecule has 6 nitrogen and oxygen atoms in total. The fraction of sp³-hybridized carbons (Fsp3) is 0.500. The van der Waals surface area contributed by atoms with Gasteiger partial charge in [0.1, 0.15) is 6.10 Å². The van der Waals surface area contributed by atoms with E-state index in [0.717, 1.165) is 5.56 Å². The Balaban J connectivity index is 0.000000509. The van der Waals surface area contributed by atoms with E-state index in [0.29, 0.717) is 26.2 Å². The number of nitrogens with two attached hydrogens (primary N) is 1. The molecule has 1 saturated heterocycles. The van der Waals surface area contributed by atoms with Gasteiger partial charge in [-0.25, -0.2) is 4.79 Å². The van der Waals surface area contributed by atoms with Gasteiger partial charge in [-0.05, 0) is 19.4 Å². The van der Waals surface area contributed by atoms with Gasteiger partial charge in [-0.2, -0.15) is 0 Å². The van der Waals surface area contributed by atoms with E-state index in [-0.39, 0.29) is 19.4 Å². The molecule has 0 saturated carbocycles. The number of primary amides is 1. The zero-order valence-electron chi connectivity index (χ0n) is 13.0. The van der Waals surface area contributed by atoms with Crippen molar-refractivity contribution in [1.82, 2.24) is 0 Å². The lowest BCUT2D eigenvalue weighted by Crippen LogP contribution is -2.40. The number of amides is 1. The van der Waals surface area contributed by atoms with E-state index >= 15 is 0 Å². The Kier molecular flexibility index (Phi) is 7.99. The topological polar surface area (TPSA) is 87.9 Å². The van der Waals surface area contributed by atoms with Gasteiger partial charge in [-0.3, -0.25) is 4.79 Å². The Morgan fingerprint density at radius 3 is 2.41 bits per heavy atom. The molecule has 124 valence electrons. The molecule has 2 atom stereocenters. The zero-order chi connectivity index (χ0) is 16.4. The molecule has 2 rings (SSSR count). The van der Waals surface area contributed by atoms with Crippen LogP contribution in [0.15, 0.2) is 30.3 Å². The van der Waals surface area contributed by atoms with E-state index in [1.54, 1.807) is 0 Å². The summed E-state index contributed by atoms with van der Waals surface area (Å²) in [6, 6.07) is 9.90. The highest BCUT2D eigenvalue weighted by Crippen LogP contribution is 2.19. The number of carbonyl (C=O) groups excluding carboxylic acids is 2. The standard InChI is InChI=1S/C11H15NO3.C5H8O2.H2/c12-11(13)15-8-4-7-14-9-10-5-2-1-3-6-10;1-3-4(2)7-5(3)6;/h1-3,5-6H,4,7-9H2,(H2,12,13);3-4H,1-2H3;1H/t;3-,4+;/m.1./s1. The van der Waals surface area contributed by atoms with Gasteiger partial charge >= 0.3 is 12.1 Å². The molecular formula is C16H25NO5. The maximum absolute atomic E-state index is 10.2. The maximum Gasteiger partial charge on any atom is 0.404 e. The van der Waals surface area contributed by atoms with Crippen LogP contribution in [0.25, 0.3) is 0 Å². The molecule has 0 unspecified atom stereocenters. The van der Waals surface area contributed by atoms with Gasteiger partial charge in [0.25, 0.3) is 0 Å². The third-order valence-electron chi connectivity index (χ3n) is 3.17. The van der Waals surface area contributed by atoms with Crippen LogP contribution in [-0.2, 0) is 25.6 Å². The first-order valence-electron chi connectivity index (χ1n) is 7.25. The maximum atomic E-state index is 10.2. The van der Waals surface area contributed by atoms with Crippen LogP contribution < -0.4 is 5.73 Å². The van der Waals surface area contributed by atoms with Crippen molar-refractivity contribution in [2.24, 2.45) is 11.7 Å². The van der Waals surface area contributed by atoms with Crippen molar-refractivity contribution < 1.29 is 25.2 Å². The monoisotopic (exact) mass is 311 g/mol. The Bertz CT molecular complexity index is 469. The second-order valence-electron chi connectivity index (χ2n) is 4.99. The van der Waals surface area contributed by atoms with Crippen molar-refractivity contribution >= 4 is 12.1 Å². The Morgan fingerprint density at radius 1 is 1.27 bits per heavy atom. The van der Waals surface area contributed by atoms with Crippen LogP contribution in [-0.4, -0.2) is 31.4 Å². The molecule has 0 bridgehead atoms. The summed E-state index contributed by atoms with van der Waals surface area (Å²) in [4.78, 5) is 20.4. The van der Waals surface area contributed by atoms with Crippen LogP contribution in [0.4, 0.5) is 4.79 Å². The number of rotatable bonds is 6. The summed E-state index contributed by atoms with van der Waals surface area (Å²) in [5, 5.41) is 0. The molecule has 0 radical (unpaired) electrons. The fourth-order valence-corrected chi connectivity index (χ4v) is 1.61. The Hall–Kier alpha value is -2.08. The third-order valence-corrected chi connectivity index (χ3v) is 3.17. The highest BCUT2D eigenvalue weighted by molar-refractivity contribution is 5.77. The number of hydrogen-bond donors (Lipinski definition) is 1. The first kappa shape index (κ1) is 18.0. The van der Waals surface area contributed by atoms with Gasteiger partial charge < -0.3 is 19.9 Å². The summed E-state index contributed by atoms with van der Waals surface area (Å²) in [6.45, 7) is 5.21. The molecule has 1 aliphatic rings. The van der Waals surface area contributed by atoms with E-state index in [2.05, 4.69) is 9.47 Å². The van der Waals surface area contributed by atoms with E-state index in [9.17, 15) is 9.59 Å². The van der Waals surface area contributed by atoms with Crippen molar-refractivity contribution in [1.29, 1.82) is 0 Å². The van der Waals surface area contributed by atoms with Gasteiger partial charge in [-0.1, -0.05) is 30.3 Å². The normalized spacial score (nSPS) is 19.3. The van der Waals surface area contributed by atoms with Gasteiger partial charge in [0.05, 0.1) is 25.7 Å². The fourth-order valence-electron chi connectivity index (χ4n) is 1.61. The predicted molar refractivity (Wildman–Crippen MR) is 83.1 cm³/mol. The Morgan fingerprint density at radius 2 is 1.95 bits per heavy atom. The lowest BCUT2D eigenvalue weighted by atomic mass is 10.0. The first-order chi connectivity index (χ1) is 10.5. The molecule has 1 aromatic rings. The highest BCUT2D eigenvalue weighted by atomic mass is 16.6. The van der Waals surface area contributed by atoms with Crippen LogP contribution >= 0.6 is 0 Å². The van der Waals surface area contributed by atoms with Crippen LogP contribution in [0, 0.1) is 5.92 Å². The molecule has 0 aromatic heterocycles. The highest BCUT2D eigenvalue weighted by Gasteiger charge is 2.34. The molecule has 1 heterocycles. The molecule has 6 heteroatoms. The minimum absolute atomic E-state index is 0. The van der Waals surface area contributed by atoms with Gasteiger partial charge in [0.15, 0.2) is 0 Å². The molecule has 0 spiro atoms. The molecular weight excluding hydrogens is 286 g/mol. The predicted octanol–water partition coefficient (Wildman–Crippen LogP) is 2.50. The number of esters is 1. The molecule has 1 amide bonds. The van der Waals surface area contributed by atoms with E-state index in [1.165, 1.54) is 0 Å². The smallest absolute Gasteiger partial charge is 0.404 e. The molecule has 1 aromatic carbocycles. The number of cyclic esters (lactones) is 1. The largest absolute Gasteiger partial charge is 0.461 e. The summed E-state index contributed by atoms with van der Waals surface area (Å²) in [7, 11) is 0. The summed E-state index contributed by atoms with van der Waals surface area (Å²) >= 11 is 0. The van der Waals surface area contributed by atoms with Gasteiger partial charge in [0, 0.05) is 7.85 Å². The van der Waals surface area contributed by atoms with Gasteiger partial charge in [-0.15, -0.1) is 0 Å². The molecule has 22 heavy (non-hydrogen) atoms. The number of ether oxygens (including phenoxy) is 3. The van der Waals surface area contributed by atoms with Crippen LogP contribution in [0.5, 0.6) is 0 Å². The summed E-state index contributed by atoms with van der Waals surface area (Å²) in [6.07, 6.45) is 0.0843. The molecule has 2 N–H and O–H groups in total. The van der Waals surface area contributed by atoms with E-state index in [4.69, 9.17) is 10.5 Å². The second-order valence-corrected chi connectivity index (χ2v) is 4.99.